The number of benzene rings is 2. The van der Waals surface area contributed by atoms with Gasteiger partial charge in [0.25, 0.3) is 5.56 Å². The maximum Gasteiger partial charge on any atom is 0.252 e. The molecule has 2 heterocycles. The van der Waals surface area contributed by atoms with E-state index in [2.05, 4.69) is 5.10 Å². The molecule has 2 aromatic heterocycles. The Bertz CT molecular complexity index is 1220. The molecule has 6 heteroatoms. The summed E-state index contributed by atoms with van der Waals surface area (Å²) in [5, 5.41) is 5.33. The molecule has 0 saturated carbocycles. The predicted molar refractivity (Wildman–Crippen MR) is 100 cm³/mol. The summed E-state index contributed by atoms with van der Waals surface area (Å²) in [7, 11) is 0. The second-order valence-corrected chi connectivity index (χ2v) is 6.52. The molecule has 0 spiro atoms. The Morgan fingerprint density at radius 3 is 2.52 bits per heavy atom. The average Bonchev–Trinajstić information content (AvgIpc) is 2.98. The van der Waals surface area contributed by atoms with E-state index in [1.807, 2.05) is 13.8 Å². The van der Waals surface area contributed by atoms with Gasteiger partial charge < -0.3 is 0 Å². The Morgan fingerprint density at radius 1 is 1.00 bits per heavy atom. The van der Waals surface area contributed by atoms with E-state index in [-0.39, 0.29) is 17.9 Å². The van der Waals surface area contributed by atoms with E-state index in [0.29, 0.717) is 22.6 Å². The summed E-state index contributed by atoms with van der Waals surface area (Å²) in [6, 6.07) is 13.9. The molecule has 0 aliphatic rings. The summed E-state index contributed by atoms with van der Waals surface area (Å²) >= 11 is 0. The molecule has 0 unspecified atom stereocenters. The van der Waals surface area contributed by atoms with Gasteiger partial charge in [0, 0.05) is 17.0 Å². The molecular formula is C21H17F2N3O. The first kappa shape index (κ1) is 17.1. The van der Waals surface area contributed by atoms with Crippen LogP contribution in [0.3, 0.4) is 0 Å². The van der Waals surface area contributed by atoms with Crippen LogP contribution in [0.5, 0.6) is 0 Å². The van der Waals surface area contributed by atoms with Crippen molar-refractivity contribution in [2.45, 2.75) is 20.4 Å². The monoisotopic (exact) mass is 365 g/mol. The van der Waals surface area contributed by atoms with Crippen molar-refractivity contribution < 1.29 is 8.78 Å². The average molecular weight is 365 g/mol. The van der Waals surface area contributed by atoms with Gasteiger partial charge >= 0.3 is 0 Å². The van der Waals surface area contributed by atoms with Crippen molar-refractivity contribution in [1.29, 1.82) is 0 Å². The van der Waals surface area contributed by atoms with Crippen LogP contribution in [0.15, 0.2) is 59.4 Å². The van der Waals surface area contributed by atoms with E-state index < -0.39 is 5.82 Å². The minimum Gasteiger partial charge on any atom is -0.288 e. The number of hydrogen-bond acceptors (Lipinski definition) is 2. The molecule has 0 saturated heterocycles. The molecule has 27 heavy (non-hydrogen) atoms. The highest BCUT2D eigenvalue weighted by molar-refractivity contribution is 5.83. The molecule has 4 aromatic rings. The molecule has 4 rings (SSSR count). The lowest BCUT2D eigenvalue weighted by Crippen LogP contribution is -2.23. The van der Waals surface area contributed by atoms with Crippen LogP contribution in [0.25, 0.3) is 16.7 Å². The Kier molecular flexibility index (Phi) is 4.11. The number of rotatable bonds is 3. The van der Waals surface area contributed by atoms with Gasteiger partial charge in [-0.05, 0) is 43.7 Å². The fourth-order valence-corrected chi connectivity index (χ4v) is 3.40. The molecule has 4 nitrogen and oxygen atoms in total. The van der Waals surface area contributed by atoms with Crippen molar-refractivity contribution in [3.05, 3.63) is 93.4 Å². The highest BCUT2D eigenvalue weighted by Crippen LogP contribution is 2.25. The third kappa shape index (κ3) is 2.93. The van der Waals surface area contributed by atoms with Crippen LogP contribution in [0.4, 0.5) is 8.78 Å². The van der Waals surface area contributed by atoms with Gasteiger partial charge in [-0.25, -0.2) is 13.5 Å². The Labute approximate surface area is 154 Å². The quantitative estimate of drug-likeness (QED) is 0.548. The highest BCUT2D eigenvalue weighted by atomic mass is 19.1. The SMILES string of the molecule is Cc1cc(=O)n(Cc2ccccc2F)c2c1c(C)nn2-c1cccc(F)c1. The first-order valence-electron chi connectivity index (χ1n) is 8.55. The molecule has 0 bridgehead atoms. The van der Waals surface area contributed by atoms with Gasteiger partial charge in [-0.3, -0.25) is 9.36 Å². The van der Waals surface area contributed by atoms with Crippen LogP contribution in [-0.4, -0.2) is 14.3 Å². The topological polar surface area (TPSA) is 39.8 Å². The van der Waals surface area contributed by atoms with Gasteiger partial charge in [-0.1, -0.05) is 24.3 Å². The largest absolute Gasteiger partial charge is 0.288 e. The molecule has 0 atom stereocenters. The van der Waals surface area contributed by atoms with Gasteiger partial charge in [0.05, 0.1) is 17.9 Å². The van der Waals surface area contributed by atoms with Gasteiger partial charge in [-0.2, -0.15) is 5.10 Å². The van der Waals surface area contributed by atoms with E-state index in [4.69, 9.17) is 0 Å². The molecule has 2 aromatic carbocycles. The zero-order valence-electron chi connectivity index (χ0n) is 14.9. The number of halogens is 2. The lowest BCUT2D eigenvalue weighted by Gasteiger charge is -2.13. The summed E-state index contributed by atoms with van der Waals surface area (Å²) < 4.78 is 31.0. The fraction of sp³-hybridized carbons (Fsp3) is 0.143. The summed E-state index contributed by atoms with van der Waals surface area (Å²) in [5.41, 5.74) is 2.65. The van der Waals surface area contributed by atoms with Crippen molar-refractivity contribution in [2.24, 2.45) is 0 Å². The molecular weight excluding hydrogens is 348 g/mol. The number of fused-ring (bicyclic) bond motifs is 1. The Hall–Kier alpha value is -3.28. The molecule has 0 aliphatic carbocycles. The van der Waals surface area contributed by atoms with Gasteiger partial charge in [0.1, 0.15) is 17.3 Å². The normalized spacial score (nSPS) is 11.3. The molecule has 0 aliphatic heterocycles. The van der Waals surface area contributed by atoms with Crippen LogP contribution in [-0.2, 0) is 6.54 Å². The lowest BCUT2D eigenvalue weighted by molar-refractivity contribution is 0.597. The van der Waals surface area contributed by atoms with E-state index >= 15 is 0 Å². The predicted octanol–water partition coefficient (Wildman–Crippen LogP) is 4.13. The number of pyridine rings is 1. The standard InChI is InChI=1S/C21H17F2N3O/c1-13-10-19(27)25(12-15-6-3-4-9-18(15)23)21-20(13)14(2)24-26(21)17-8-5-7-16(22)11-17/h3-11H,12H2,1-2H3. The number of aryl methyl sites for hydroxylation is 2. The number of aromatic nitrogens is 3. The summed E-state index contributed by atoms with van der Waals surface area (Å²) in [6.07, 6.45) is 0. The lowest BCUT2D eigenvalue weighted by atomic mass is 10.1. The van der Waals surface area contributed by atoms with Crippen molar-refractivity contribution in [3.63, 3.8) is 0 Å². The third-order valence-electron chi connectivity index (χ3n) is 4.63. The maximum absolute atomic E-state index is 14.2. The first-order valence-corrected chi connectivity index (χ1v) is 8.55. The summed E-state index contributed by atoms with van der Waals surface area (Å²) in [5.74, 6) is -0.781. The molecule has 136 valence electrons. The van der Waals surface area contributed by atoms with E-state index in [1.165, 1.54) is 28.8 Å². The van der Waals surface area contributed by atoms with Crippen LogP contribution in [0, 0.1) is 25.5 Å². The van der Waals surface area contributed by atoms with Crippen LogP contribution >= 0.6 is 0 Å². The Morgan fingerprint density at radius 2 is 1.78 bits per heavy atom. The molecule has 0 N–H and O–H groups in total. The van der Waals surface area contributed by atoms with Crippen molar-refractivity contribution in [3.8, 4) is 5.69 Å². The number of hydrogen-bond donors (Lipinski definition) is 0. The van der Waals surface area contributed by atoms with E-state index in [0.717, 1.165) is 10.9 Å². The minimum absolute atomic E-state index is 0.0583. The fourth-order valence-electron chi connectivity index (χ4n) is 3.40. The number of nitrogens with zero attached hydrogens (tertiary/aromatic N) is 3. The summed E-state index contributed by atoms with van der Waals surface area (Å²) in [4.78, 5) is 12.8. The second-order valence-electron chi connectivity index (χ2n) is 6.52. The zero-order chi connectivity index (χ0) is 19.1. The van der Waals surface area contributed by atoms with Gasteiger partial charge in [0.15, 0.2) is 0 Å². The summed E-state index contributed by atoms with van der Waals surface area (Å²) in [6.45, 7) is 3.73. The van der Waals surface area contributed by atoms with Crippen molar-refractivity contribution >= 4 is 11.0 Å². The first-order chi connectivity index (χ1) is 13.0. The van der Waals surface area contributed by atoms with Crippen molar-refractivity contribution in [1.82, 2.24) is 14.3 Å². The van der Waals surface area contributed by atoms with E-state index in [9.17, 15) is 13.6 Å². The Balaban J connectivity index is 2.04. The maximum atomic E-state index is 14.2. The third-order valence-corrected chi connectivity index (χ3v) is 4.63. The molecule has 0 fully saturated rings. The second kappa shape index (κ2) is 6.46. The highest BCUT2D eigenvalue weighted by Gasteiger charge is 2.18. The molecule has 0 amide bonds. The van der Waals surface area contributed by atoms with Crippen LogP contribution in [0.2, 0.25) is 0 Å². The van der Waals surface area contributed by atoms with Gasteiger partial charge in [0.2, 0.25) is 0 Å². The molecule has 0 radical (unpaired) electrons. The minimum atomic E-state index is -0.399. The van der Waals surface area contributed by atoms with E-state index in [1.54, 1.807) is 35.0 Å². The van der Waals surface area contributed by atoms with Crippen LogP contribution < -0.4 is 5.56 Å². The zero-order valence-corrected chi connectivity index (χ0v) is 14.9. The smallest absolute Gasteiger partial charge is 0.252 e. The van der Waals surface area contributed by atoms with Crippen molar-refractivity contribution in [2.75, 3.05) is 0 Å². The van der Waals surface area contributed by atoms with Gasteiger partial charge in [-0.15, -0.1) is 0 Å². The van der Waals surface area contributed by atoms with Crippen LogP contribution in [0.1, 0.15) is 16.8 Å².